The maximum absolute atomic E-state index is 11.3. The molecule has 3 aliphatic carbocycles. The predicted octanol–water partition coefficient (Wildman–Crippen LogP) is 3.02. The fraction of sp³-hybridized carbons (Fsp3) is 0.615. The van der Waals surface area contributed by atoms with Crippen molar-refractivity contribution in [3.8, 4) is 0 Å². The zero-order chi connectivity index (χ0) is 9.54. The molecule has 0 amide bonds. The normalized spacial score (nSPS) is 35.9. The molecule has 2 bridgehead atoms. The maximum Gasteiger partial charge on any atom is 0.155 e. The number of carbonyl (C=O) groups excluding carboxylic acids is 1. The average Bonchev–Trinajstić information content (AvgIpc) is 2.78. The van der Waals surface area contributed by atoms with Crippen LogP contribution in [0.15, 0.2) is 23.3 Å². The molecule has 0 radical (unpaired) electrons. The van der Waals surface area contributed by atoms with Crippen LogP contribution in [0, 0.1) is 11.8 Å². The molecule has 1 heteroatoms. The van der Waals surface area contributed by atoms with Gasteiger partial charge in [0, 0.05) is 6.42 Å². The van der Waals surface area contributed by atoms with Crippen LogP contribution < -0.4 is 0 Å². The fourth-order valence-electron chi connectivity index (χ4n) is 3.23. The van der Waals surface area contributed by atoms with Crippen molar-refractivity contribution in [3.05, 3.63) is 23.3 Å². The standard InChI is InChI=1S/C13H16O/c14-12-3-1-2-10(8-12)13-7-9-4-5-11(13)6-9/h7-9,11H,1-6H2/t9-,11+/m0/s1. The van der Waals surface area contributed by atoms with E-state index in [1.165, 1.54) is 30.4 Å². The van der Waals surface area contributed by atoms with Crippen LogP contribution in [0.5, 0.6) is 0 Å². The van der Waals surface area contributed by atoms with E-state index >= 15 is 0 Å². The third kappa shape index (κ3) is 1.26. The summed E-state index contributed by atoms with van der Waals surface area (Å²) in [4.78, 5) is 11.3. The lowest BCUT2D eigenvalue weighted by Gasteiger charge is -2.19. The summed E-state index contributed by atoms with van der Waals surface area (Å²) in [5.41, 5.74) is 2.91. The number of rotatable bonds is 1. The van der Waals surface area contributed by atoms with Crippen LogP contribution in [0.3, 0.4) is 0 Å². The first-order valence-electron chi connectivity index (χ1n) is 5.78. The van der Waals surface area contributed by atoms with E-state index in [1.54, 1.807) is 0 Å². The van der Waals surface area contributed by atoms with Crippen LogP contribution in [0.1, 0.15) is 38.5 Å². The lowest BCUT2D eigenvalue weighted by atomic mass is 9.86. The zero-order valence-electron chi connectivity index (χ0n) is 8.46. The molecule has 0 saturated heterocycles. The Morgan fingerprint density at radius 3 is 2.79 bits per heavy atom. The molecule has 0 unspecified atom stereocenters. The lowest BCUT2D eigenvalue weighted by Crippen LogP contribution is -2.08. The largest absolute Gasteiger partial charge is 0.295 e. The number of fused-ring (bicyclic) bond motifs is 2. The van der Waals surface area contributed by atoms with Crippen molar-refractivity contribution in [3.63, 3.8) is 0 Å². The van der Waals surface area contributed by atoms with Crippen molar-refractivity contribution >= 4 is 5.78 Å². The topological polar surface area (TPSA) is 17.1 Å². The second kappa shape index (κ2) is 3.08. The van der Waals surface area contributed by atoms with Gasteiger partial charge in [-0.15, -0.1) is 0 Å². The monoisotopic (exact) mass is 188 g/mol. The van der Waals surface area contributed by atoms with E-state index in [4.69, 9.17) is 0 Å². The van der Waals surface area contributed by atoms with Gasteiger partial charge in [0.25, 0.3) is 0 Å². The van der Waals surface area contributed by atoms with E-state index in [0.29, 0.717) is 5.78 Å². The minimum atomic E-state index is 0.343. The van der Waals surface area contributed by atoms with Gasteiger partial charge in [0.05, 0.1) is 0 Å². The summed E-state index contributed by atoms with van der Waals surface area (Å²) in [6.45, 7) is 0. The summed E-state index contributed by atoms with van der Waals surface area (Å²) in [7, 11) is 0. The van der Waals surface area contributed by atoms with Crippen LogP contribution in [0.2, 0.25) is 0 Å². The summed E-state index contributed by atoms with van der Waals surface area (Å²) < 4.78 is 0. The van der Waals surface area contributed by atoms with Crippen molar-refractivity contribution in [2.75, 3.05) is 0 Å². The highest BCUT2D eigenvalue weighted by Gasteiger charge is 2.34. The second-order valence-electron chi connectivity index (χ2n) is 4.88. The molecule has 74 valence electrons. The molecule has 0 aromatic heterocycles. The fourth-order valence-corrected chi connectivity index (χ4v) is 3.23. The molecule has 1 saturated carbocycles. The highest BCUT2D eigenvalue weighted by molar-refractivity contribution is 5.92. The molecule has 2 atom stereocenters. The highest BCUT2D eigenvalue weighted by Crippen LogP contribution is 2.47. The number of ketones is 1. The van der Waals surface area contributed by atoms with Gasteiger partial charge in [-0.3, -0.25) is 4.79 Å². The Morgan fingerprint density at radius 1 is 1.21 bits per heavy atom. The molecule has 14 heavy (non-hydrogen) atoms. The van der Waals surface area contributed by atoms with E-state index in [9.17, 15) is 4.79 Å². The Kier molecular flexibility index (Phi) is 1.86. The number of hydrogen-bond donors (Lipinski definition) is 0. The molecule has 1 nitrogen and oxygen atoms in total. The highest BCUT2D eigenvalue weighted by atomic mass is 16.1. The van der Waals surface area contributed by atoms with Crippen LogP contribution in [0.25, 0.3) is 0 Å². The first kappa shape index (κ1) is 8.46. The third-order valence-corrected chi connectivity index (χ3v) is 3.90. The van der Waals surface area contributed by atoms with E-state index in [1.807, 2.05) is 6.08 Å². The SMILES string of the molecule is O=C1C=C(C2=C[C@H]3CC[C@@H]2C3)CCC1. The van der Waals surface area contributed by atoms with Gasteiger partial charge >= 0.3 is 0 Å². The molecule has 0 aliphatic heterocycles. The van der Waals surface area contributed by atoms with Crippen molar-refractivity contribution in [2.45, 2.75) is 38.5 Å². The van der Waals surface area contributed by atoms with E-state index in [-0.39, 0.29) is 0 Å². The summed E-state index contributed by atoms with van der Waals surface area (Å²) in [6, 6.07) is 0. The Balaban J connectivity index is 1.89. The Hall–Kier alpha value is -0.850. The van der Waals surface area contributed by atoms with Crippen molar-refractivity contribution < 1.29 is 4.79 Å². The molecule has 0 aromatic carbocycles. The van der Waals surface area contributed by atoms with Crippen molar-refractivity contribution in [1.82, 2.24) is 0 Å². The molecule has 0 spiro atoms. The van der Waals surface area contributed by atoms with Crippen molar-refractivity contribution in [1.29, 1.82) is 0 Å². The van der Waals surface area contributed by atoms with Gasteiger partial charge in [-0.25, -0.2) is 0 Å². The van der Waals surface area contributed by atoms with Gasteiger partial charge in [-0.1, -0.05) is 6.08 Å². The maximum atomic E-state index is 11.3. The predicted molar refractivity (Wildman–Crippen MR) is 55.9 cm³/mol. The number of allylic oxidation sites excluding steroid dienone is 4. The number of carbonyl (C=O) groups is 1. The first-order valence-corrected chi connectivity index (χ1v) is 5.78. The average molecular weight is 188 g/mol. The summed E-state index contributed by atoms with van der Waals surface area (Å²) in [5.74, 6) is 1.99. The van der Waals surface area contributed by atoms with Gasteiger partial charge in [-0.05, 0) is 61.2 Å². The molecular formula is C13H16O. The van der Waals surface area contributed by atoms with Gasteiger partial charge in [-0.2, -0.15) is 0 Å². The summed E-state index contributed by atoms with van der Waals surface area (Å²) in [6.07, 6.45) is 11.4. The minimum absolute atomic E-state index is 0.343. The van der Waals surface area contributed by atoms with Gasteiger partial charge in [0.2, 0.25) is 0 Å². The number of hydrogen-bond acceptors (Lipinski definition) is 1. The van der Waals surface area contributed by atoms with E-state index < -0.39 is 0 Å². The van der Waals surface area contributed by atoms with Gasteiger partial charge < -0.3 is 0 Å². The molecular weight excluding hydrogens is 172 g/mol. The van der Waals surface area contributed by atoms with Crippen LogP contribution in [0.4, 0.5) is 0 Å². The van der Waals surface area contributed by atoms with Crippen LogP contribution >= 0.6 is 0 Å². The minimum Gasteiger partial charge on any atom is -0.295 e. The molecule has 3 aliphatic rings. The van der Waals surface area contributed by atoms with Gasteiger partial charge in [0.15, 0.2) is 5.78 Å². The molecule has 0 heterocycles. The molecule has 0 aromatic rings. The molecule has 1 fully saturated rings. The van der Waals surface area contributed by atoms with E-state index in [0.717, 1.165) is 31.1 Å². The van der Waals surface area contributed by atoms with Crippen LogP contribution in [-0.4, -0.2) is 5.78 Å². The summed E-state index contributed by atoms with van der Waals surface area (Å²) in [5, 5.41) is 0. The van der Waals surface area contributed by atoms with Crippen LogP contribution in [-0.2, 0) is 4.79 Å². The Labute approximate surface area is 84.9 Å². The van der Waals surface area contributed by atoms with E-state index in [2.05, 4.69) is 6.08 Å². The second-order valence-corrected chi connectivity index (χ2v) is 4.88. The third-order valence-electron chi connectivity index (χ3n) is 3.90. The smallest absolute Gasteiger partial charge is 0.155 e. The lowest BCUT2D eigenvalue weighted by molar-refractivity contribution is -0.115. The Bertz CT molecular complexity index is 335. The molecule has 0 N–H and O–H groups in total. The Morgan fingerprint density at radius 2 is 2.14 bits per heavy atom. The molecule has 3 rings (SSSR count). The summed E-state index contributed by atoms with van der Waals surface area (Å²) >= 11 is 0. The quantitative estimate of drug-likeness (QED) is 0.618. The van der Waals surface area contributed by atoms with Gasteiger partial charge in [0.1, 0.15) is 0 Å². The first-order chi connectivity index (χ1) is 6.83. The van der Waals surface area contributed by atoms with Crippen molar-refractivity contribution in [2.24, 2.45) is 11.8 Å². The zero-order valence-corrected chi connectivity index (χ0v) is 8.46.